The minimum Gasteiger partial charge on any atom is -0.391 e. The topological polar surface area (TPSA) is 49.2 Å². The van der Waals surface area contributed by atoms with E-state index < -0.39 is 18.0 Å². The van der Waals surface area contributed by atoms with Gasteiger partial charge in [0.05, 0.1) is 6.10 Å². The van der Waals surface area contributed by atoms with Gasteiger partial charge >= 0.3 is 6.18 Å². The van der Waals surface area contributed by atoms with Crippen LogP contribution < -0.4 is 4.90 Å². The summed E-state index contributed by atoms with van der Waals surface area (Å²) in [6.07, 6.45) is -4.17. The lowest BCUT2D eigenvalue weighted by Gasteiger charge is -2.34. The molecule has 0 bridgehead atoms. The Balaban J connectivity index is 2.11. The molecule has 1 fully saturated rings. The van der Waals surface area contributed by atoms with Gasteiger partial charge in [-0.25, -0.2) is 0 Å². The first-order valence-electron chi connectivity index (χ1n) is 5.72. The van der Waals surface area contributed by atoms with Crippen LogP contribution in [0.25, 0.3) is 0 Å². The molecule has 0 aliphatic carbocycles. The normalized spacial score (nSPS) is 25.3. The Morgan fingerprint density at radius 1 is 1.33 bits per heavy atom. The van der Waals surface area contributed by atoms with E-state index in [0.29, 0.717) is 18.9 Å². The van der Waals surface area contributed by atoms with Crippen molar-refractivity contribution in [3.05, 3.63) is 17.8 Å². The van der Waals surface area contributed by atoms with Gasteiger partial charge in [-0.1, -0.05) is 6.92 Å². The van der Waals surface area contributed by atoms with E-state index >= 15 is 0 Å². The zero-order chi connectivity index (χ0) is 13.3. The molecule has 1 saturated heterocycles. The van der Waals surface area contributed by atoms with Crippen LogP contribution >= 0.6 is 0 Å². The average molecular weight is 261 g/mol. The fourth-order valence-electron chi connectivity index (χ4n) is 1.90. The molecule has 2 rings (SSSR count). The number of piperidine rings is 1. The highest BCUT2D eigenvalue weighted by Gasteiger charge is 2.33. The fraction of sp³-hybridized carbons (Fsp3) is 0.636. The number of anilines is 1. The SMILES string of the molecule is CC1CCN(c2ccc(C(F)(F)F)nn2)CC1O. The van der Waals surface area contributed by atoms with Gasteiger partial charge in [-0.15, -0.1) is 10.2 Å². The van der Waals surface area contributed by atoms with E-state index in [-0.39, 0.29) is 5.92 Å². The summed E-state index contributed by atoms with van der Waals surface area (Å²) in [7, 11) is 0. The minimum atomic E-state index is -4.47. The van der Waals surface area contributed by atoms with Crippen LogP contribution in [0.4, 0.5) is 19.0 Å². The van der Waals surface area contributed by atoms with Gasteiger partial charge in [0.1, 0.15) is 0 Å². The third kappa shape index (κ3) is 2.72. The predicted molar refractivity (Wildman–Crippen MR) is 59.0 cm³/mol. The van der Waals surface area contributed by atoms with Gasteiger partial charge < -0.3 is 10.0 Å². The van der Waals surface area contributed by atoms with Crippen LogP contribution in [0, 0.1) is 5.92 Å². The maximum Gasteiger partial charge on any atom is 0.435 e. The number of halogens is 3. The number of hydrogen-bond donors (Lipinski definition) is 1. The van der Waals surface area contributed by atoms with Gasteiger partial charge in [-0.05, 0) is 24.5 Å². The Morgan fingerprint density at radius 2 is 2.06 bits per heavy atom. The monoisotopic (exact) mass is 261 g/mol. The molecule has 0 radical (unpaired) electrons. The Hall–Kier alpha value is -1.37. The second-order valence-electron chi connectivity index (χ2n) is 4.55. The van der Waals surface area contributed by atoms with E-state index in [1.165, 1.54) is 6.07 Å². The zero-order valence-electron chi connectivity index (χ0n) is 9.85. The lowest BCUT2D eigenvalue weighted by molar-refractivity contribution is -0.141. The van der Waals surface area contributed by atoms with Gasteiger partial charge in [0.25, 0.3) is 0 Å². The molecule has 0 amide bonds. The van der Waals surface area contributed by atoms with Crippen LogP contribution in [-0.4, -0.2) is 34.5 Å². The first-order chi connectivity index (χ1) is 8.38. The summed E-state index contributed by atoms with van der Waals surface area (Å²) in [5.41, 5.74) is -1.00. The molecule has 18 heavy (non-hydrogen) atoms. The second-order valence-corrected chi connectivity index (χ2v) is 4.55. The number of rotatable bonds is 1. The fourth-order valence-corrected chi connectivity index (χ4v) is 1.90. The molecule has 0 aromatic carbocycles. The molecule has 1 N–H and O–H groups in total. The van der Waals surface area contributed by atoms with Crippen LogP contribution in [0.5, 0.6) is 0 Å². The van der Waals surface area contributed by atoms with E-state index in [1.54, 1.807) is 4.90 Å². The van der Waals surface area contributed by atoms with Crippen molar-refractivity contribution < 1.29 is 18.3 Å². The largest absolute Gasteiger partial charge is 0.435 e. The van der Waals surface area contributed by atoms with Crippen molar-refractivity contribution in [1.82, 2.24) is 10.2 Å². The van der Waals surface area contributed by atoms with Crippen molar-refractivity contribution in [2.75, 3.05) is 18.0 Å². The second kappa shape index (κ2) is 4.72. The van der Waals surface area contributed by atoms with Crippen molar-refractivity contribution in [2.45, 2.75) is 25.6 Å². The summed E-state index contributed by atoms with van der Waals surface area (Å²) < 4.78 is 37.0. The summed E-state index contributed by atoms with van der Waals surface area (Å²) in [5.74, 6) is 0.567. The van der Waals surface area contributed by atoms with E-state index in [1.807, 2.05) is 6.92 Å². The van der Waals surface area contributed by atoms with Crippen molar-refractivity contribution in [3.8, 4) is 0 Å². The van der Waals surface area contributed by atoms with Gasteiger partial charge in [0, 0.05) is 13.1 Å². The summed E-state index contributed by atoms with van der Waals surface area (Å²) in [4.78, 5) is 1.75. The lowest BCUT2D eigenvalue weighted by Crippen LogP contribution is -2.43. The van der Waals surface area contributed by atoms with Gasteiger partial charge in [0.15, 0.2) is 11.5 Å². The van der Waals surface area contributed by atoms with Gasteiger partial charge in [-0.3, -0.25) is 0 Å². The summed E-state index contributed by atoms with van der Waals surface area (Å²) in [5, 5.41) is 16.5. The molecule has 1 aromatic heterocycles. The number of alkyl halides is 3. The molecule has 2 atom stereocenters. The van der Waals surface area contributed by atoms with Crippen LogP contribution in [0.15, 0.2) is 12.1 Å². The quantitative estimate of drug-likeness (QED) is 0.836. The first kappa shape index (κ1) is 13.1. The molecule has 1 aliphatic rings. The highest BCUT2D eigenvalue weighted by atomic mass is 19.4. The Bertz CT molecular complexity index is 407. The molecule has 7 heteroatoms. The third-order valence-corrected chi connectivity index (χ3v) is 3.18. The molecule has 2 unspecified atom stereocenters. The summed E-state index contributed by atoms with van der Waals surface area (Å²) >= 11 is 0. The highest BCUT2D eigenvalue weighted by molar-refractivity contribution is 5.38. The van der Waals surface area contributed by atoms with Crippen LogP contribution in [-0.2, 0) is 6.18 Å². The number of aliphatic hydroxyl groups excluding tert-OH is 1. The molecule has 1 aromatic rings. The van der Waals surface area contributed by atoms with Gasteiger partial charge in [-0.2, -0.15) is 13.2 Å². The summed E-state index contributed by atoms with van der Waals surface area (Å²) in [6.45, 7) is 2.99. The molecule has 0 saturated carbocycles. The zero-order valence-corrected chi connectivity index (χ0v) is 9.85. The lowest BCUT2D eigenvalue weighted by atomic mass is 9.96. The van der Waals surface area contributed by atoms with Crippen molar-refractivity contribution in [3.63, 3.8) is 0 Å². The molecule has 2 heterocycles. The van der Waals surface area contributed by atoms with E-state index in [4.69, 9.17) is 0 Å². The molecule has 1 aliphatic heterocycles. The minimum absolute atomic E-state index is 0.198. The third-order valence-electron chi connectivity index (χ3n) is 3.18. The first-order valence-corrected chi connectivity index (χ1v) is 5.72. The smallest absolute Gasteiger partial charge is 0.391 e. The molecule has 4 nitrogen and oxygen atoms in total. The van der Waals surface area contributed by atoms with Crippen molar-refractivity contribution in [1.29, 1.82) is 0 Å². The van der Waals surface area contributed by atoms with Crippen LogP contribution in [0.3, 0.4) is 0 Å². The standard InChI is InChI=1S/C11H14F3N3O/c1-7-4-5-17(6-8(7)18)10-3-2-9(15-16-10)11(12,13)14/h2-3,7-8,18H,4-6H2,1H3. The predicted octanol–water partition coefficient (Wildman–Crippen LogP) is 1.70. The number of nitrogens with zero attached hydrogens (tertiary/aromatic N) is 3. The number of aromatic nitrogens is 2. The average Bonchev–Trinajstić information content (AvgIpc) is 2.32. The Kier molecular flexibility index (Phi) is 3.43. The maximum absolute atomic E-state index is 12.3. The Morgan fingerprint density at radius 3 is 2.56 bits per heavy atom. The number of aliphatic hydroxyl groups is 1. The number of hydrogen-bond acceptors (Lipinski definition) is 4. The van der Waals surface area contributed by atoms with Crippen molar-refractivity contribution in [2.24, 2.45) is 5.92 Å². The molecule has 0 spiro atoms. The van der Waals surface area contributed by atoms with Crippen LogP contribution in [0.2, 0.25) is 0 Å². The van der Waals surface area contributed by atoms with E-state index in [9.17, 15) is 18.3 Å². The maximum atomic E-state index is 12.3. The van der Waals surface area contributed by atoms with Crippen molar-refractivity contribution >= 4 is 5.82 Å². The number of β-amino-alcohol motifs (C(OH)–C–C–N with tert-alkyl or cyclic N) is 1. The molecule has 100 valence electrons. The summed E-state index contributed by atoms with van der Waals surface area (Å²) in [6, 6.07) is 2.20. The highest BCUT2D eigenvalue weighted by Crippen LogP contribution is 2.28. The Labute approximate surface area is 102 Å². The van der Waals surface area contributed by atoms with E-state index in [0.717, 1.165) is 12.5 Å². The van der Waals surface area contributed by atoms with Gasteiger partial charge in [0.2, 0.25) is 0 Å². The van der Waals surface area contributed by atoms with E-state index in [2.05, 4.69) is 10.2 Å². The van der Waals surface area contributed by atoms with Crippen LogP contribution in [0.1, 0.15) is 19.0 Å². The molecular formula is C11H14F3N3O. The molecular weight excluding hydrogens is 247 g/mol.